The highest BCUT2D eigenvalue weighted by molar-refractivity contribution is 6.14. The molecule has 142 valence electrons. The molecule has 1 heterocycles. The molecule has 0 saturated carbocycles. The third-order valence-electron chi connectivity index (χ3n) is 5.60. The van der Waals surface area contributed by atoms with Crippen LogP contribution >= 0.6 is 0 Å². The first-order valence-corrected chi connectivity index (χ1v) is 10.1. The standard InChI is InChI=1S/C28H19NO/c1-3-9-19(10-4-1)22-16-25-24-15-20-11-7-8-12-21(20)18-27(24)30-28(25)26(17-22)29-23-13-5-2-6-14-23/h1-18,29H. The van der Waals surface area contributed by atoms with E-state index in [1.165, 1.54) is 16.3 Å². The second-order valence-corrected chi connectivity index (χ2v) is 7.56. The van der Waals surface area contributed by atoms with Gasteiger partial charge in [0.05, 0.1) is 5.69 Å². The number of fused-ring (bicyclic) bond motifs is 4. The number of nitrogens with one attached hydrogen (secondary N) is 1. The summed E-state index contributed by atoms with van der Waals surface area (Å²) in [6.45, 7) is 0. The second-order valence-electron chi connectivity index (χ2n) is 7.56. The fourth-order valence-corrected chi connectivity index (χ4v) is 4.13. The Labute approximate surface area is 174 Å². The summed E-state index contributed by atoms with van der Waals surface area (Å²) in [4.78, 5) is 0. The van der Waals surface area contributed by atoms with E-state index >= 15 is 0 Å². The molecule has 2 heteroatoms. The Morgan fingerprint density at radius 1 is 0.533 bits per heavy atom. The van der Waals surface area contributed by atoms with Crippen molar-refractivity contribution in [1.29, 1.82) is 0 Å². The van der Waals surface area contributed by atoms with Gasteiger partial charge in [-0.05, 0) is 58.3 Å². The van der Waals surface area contributed by atoms with Crippen LogP contribution in [-0.4, -0.2) is 0 Å². The molecule has 0 saturated heterocycles. The van der Waals surface area contributed by atoms with Crippen LogP contribution in [0.5, 0.6) is 0 Å². The summed E-state index contributed by atoms with van der Waals surface area (Å²) in [7, 11) is 0. The number of furan rings is 1. The number of hydrogen-bond acceptors (Lipinski definition) is 2. The van der Waals surface area contributed by atoms with E-state index in [1.54, 1.807) is 0 Å². The van der Waals surface area contributed by atoms with Crippen molar-refractivity contribution in [2.75, 3.05) is 5.32 Å². The van der Waals surface area contributed by atoms with Crippen LogP contribution in [-0.2, 0) is 0 Å². The Balaban J connectivity index is 1.66. The lowest BCUT2D eigenvalue weighted by Gasteiger charge is -2.10. The van der Waals surface area contributed by atoms with Gasteiger partial charge in [-0.15, -0.1) is 0 Å². The van der Waals surface area contributed by atoms with Gasteiger partial charge in [0.15, 0.2) is 5.58 Å². The third kappa shape index (κ3) is 2.82. The summed E-state index contributed by atoms with van der Waals surface area (Å²) < 4.78 is 6.39. The molecule has 0 spiro atoms. The van der Waals surface area contributed by atoms with Crippen molar-refractivity contribution in [2.24, 2.45) is 0 Å². The molecule has 6 rings (SSSR count). The van der Waals surface area contributed by atoms with Gasteiger partial charge in [0.25, 0.3) is 0 Å². The molecule has 0 fully saturated rings. The lowest BCUT2D eigenvalue weighted by molar-refractivity contribution is 0.670. The van der Waals surface area contributed by atoms with E-state index in [-0.39, 0.29) is 0 Å². The third-order valence-corrected chi connectivity index (χ3v) is 5.60. The molecule has 2 nitrogen and oxygen atoms in total. The smallest absolute Gasteiger partial charge is 0.158 e. The van der Waals surface area contributed by atoms with Crippen molar-refractivity contribution in [3.8, 4) is 11.1 Å². The molecular weight excluding hydrogens is 366 g/mol. The molecule has 0 aliphatic carbocycles. The van der Waals surface area contributed by atoms with Gasteiger partial charge >= 0.3 is 0 Å². The first kappa shape index (κ1) is 16.9. The first-order chi connectivity index (χ1) is 14.8. The molecule has 1 aromatic heterocycles. The number of para-hydroxylation sites is 1. The summed E-state index contributed by atoms with van der Waals surface area (Å²) in [6, 6.07) is 37.9. The highest BCUT2D eigenvalue weighted by atomic mass is 16.3. The Morgan fingerprint density at radius 3 is 1.97 bits per heavy atom. The van der Waals surface area contributed by atoms with E-state index in [4.69, 9.17) is 4.42 Å². The van der Waals surface area contributed by atoms with Crippen molar-refractivity contribution in [3.63, 3.8) is 0 Å². The molecule has 0 aliphatic heterocycles. The summed E-state index contributed by atoms with van der Waals surface area (Å²) in [6.07, 6.45) is 0. The molecule has 0 bridgehead atoms. The Hall–Kier alpha value is -4.04. The van der Waals surface area contributed by atoms with Crippen molar-refractivity contribution in [3.05, 3.63) is 109 Å². The van der Waals surface area contributed by atoms with E-state index in [0.717, 1.165) is 38.9 Å². The highest BCUT2D eigenvalue weighted by Crippen LogP contribution is 2.39. The maximum absolute atomic E-state index is 6.39. The Bertz CT molecular complexity index is 1500. The Kier molecular flexibility index (Phi) is 3.82. The maximum atomic E-state index is 6.39. The van der Waals surface area contributed by atoms with E-state index in [0.29, 0.717) is 0 Å². The predicted molar refractivity (Wildman–Crippen MR) is 126 cm³/mol. The molecule has 0 radical (unpaired) electrons. The first-order valence-electron chi connectivity index (χ1n) is 10.1. The van der Waals surface area contributed by atoms with Gasteiger partial charge in [-0.2, -0.15) is 0 Å². The van der Waals surface area contributed by atoms with Crippen LogP contribution in [0.3, 0.4) is 0 Å². The van der Waals surface area contributed by atoms with Crippen LogP contribution in [0.4, 0.5) is 11.4 Å². The van der Waals surface area contributed by atoms with Crippen LogP contribution in [0.15, 0.2) is 114 Å². The summed E-state index contributed by atoms with van der Waals surface area (Å²) in [5.74, 6) is 0. The quantitative estimate of drug-likeness (QED) is 0.332. The zero-order chi connectivity index (χ0) is 19.9. The zero-order valence-electron chi connectivity index (χ0n) is 16.3. The van der Waals surface area contributed by atoms with Gasteiger partial charge in [-0.25, -0.2) is 0 Å². The molecule has 0 amide bonds. The van der Waals surface area contributed by atoms with E-state index in [1.807, 2.05) is 24.3 Å². The Morgan fingerprint density at radius 2 is 1.20 bits per heavy atom. The highest BCUT2D eigenvalue weighted by Gasteiger charge is 2.15. The summed E-state index contributed by atoms with van der Waals surface area (Å²) in [5, 5.41) is 8.23. The fourth-order valence-electron chi connectivity index (χ4n) is 4.13. The van der Waals surface area contributed by atoms with Gasteiger partial charge in [-0.3, -0.25) is 0 Å². The van der Waals surface area contributed by atoms with Gasteiger partial charge in [0.1, 0.15) is 5.58 Å². The van der Waals surface area contributed by atoms with Crippen LogP contribution < -0.4 is 5.32 Å². The van der Waals surface area contributed by atoms with Gasteiger partial charge < -0.3 is 9.73 Å². The minimum Gasteiger partial charge on any atom is -0.454 e. The SMILES string of the molecule is c1ccc(Nc2cc(-c3ccccc3)cc3c2oc2cc4ccccc4cc23)cc1. The van der Waals surface area contributed by atoms with Crippen LogP contribution in [0.25, 0.3) is 43.8 Å². The average Bonchev–Trinajstić information content (AvgIpc) is 3.16. The molecule has 0 aliphatic rings. The molecule has 5 aromatic carbocycles. The van der Waals surface area contributed by atoms with Gasteiger partial charge in [0.2, 0.25) is 0 Å². The van der Waals surface area contributed by atoms with Crippen molar-refractivity contribution < 1.29 is 4.42 Å². The molecule has 30 heavy (non-hydrogen) atoms. The average molecular weight is 385 g/mol. The van der Waals surface area contributed by atoms with Gasteiger partial charge in [0, 0.05) is 16.5 Å². The normalized spacial score (nSPS) is 11.3. The van der Waals surface area contributed by atoms with E-state index in [9.17, 15) is 0 Å². The topological polar surface area (TPSA) is 25.2 Å². The van der Waals surface area contributed by atoms with Crippen molar-refractivity contribution in [1.82, 2.24) is 0 Å². The van der Waals surface area contributed by atoms with Gasteiger partial charge in [-0.1, -0.05) is 72.8 Å². The monoisotopic (exact) mass is 385 g/mol. The number of anilines is 2. The van der Waals surface area contributed by atoms with Crippen LogP contribution in [0.2, 0.25) is 0 Å². The zero-order valence-corrected chi connectivity index (χ0v) is 16.3. The molecule has 0 unspecified atom stereocenters. The predicted octanol–water partition coefficient (Wildman–Crippen LogP) is 8.15. The molecule has 0 atom stereocenters. The van der Waals surface area contributed by atoms with Crippen LogP contribution in [0.1, 0.15) is 0 Å². The number of hydrogen-bond donors (Lipinski definition) is 1. The lowest BCUT2D eigenvalue weighted by atomic mass is 10.0. The van der Waals surface area contributed by atoms with Crippen LogP contribution in [0, 0.1) is 0 Å². The summed E-state index contributed by atoms with van der Waals surface area (Å²) in [5.41, 5.74) is 6.14. The minimum absolute atomic E-state index is 0.879. The number of benzene rings is 5. The largest absolute Gasteiger partial charge is 0.454 e. The molecule has 1 N–H and O–H groups in total. The lowest BCUT2D eigenvalue weighted by Crippen LogP contribution is -1.91. The van der Waals surface area contributed by atoms with Crippen molar-refractivity contribution >= 4 is 44.1 Å². The van der Waals surface area contributed by atoms with E-state index in [2.05, 4.69) is 90.2 Å². The minimum atomic E-state index is 0.879. The second kappa shape index (κ2) is 6.78. The fraction of sp³-hybridized carbons (Fsp3) is 0. The maximum Gasteiger partial charge on any atom is 0.158 e. The van der Waals surface area contributed by atoms with Crippen molar-refractivity contribution in [2.45, 2.75) is 0 Å². The van der Waals surface area contributed by atoms with E-state index < -0.39 is 0 Å². The number of rotatable bonds is 3. The molecule has 6 aromatic rings. The molecular formula is C28H19NO. The summed E-state index contributed by atoms with van der Waals surface area (Å²) >= 11 is 0.